The van der Waals surface area contributed by atoms with Gasteiger partial charge in [-0.15, -0.1) is 0 Å². The lowest BCUT2D eigenvalue weighted by Crippen LogP contribution is -2.30. The molecule has 0 aromatic heterocycles. The van der Waals surface area contributed by atoms with Crippen LogP contribution in [0.1, 0.15) is 5.56 Å². The van der Waals surface area contributed by atoms with Gasteiger partial charge in [0, 0.05) is 6.42 Å². The molecule has 1 rings (SSSR count). The van der Waals surface area contributed by atoms with Gasteiger partial charge in [0.25, 0.3) is 0 Å². The van der Waals surface area contributed by atoms with E-state index in [-0.39, 0.29) is 11.3 Å². The fraction of sp³-hybridized carbons (Fsp3) is 0.400. The van der Waals surface area contributed by atoms with Gasteiger partial charge >= 0.3 is 6.18 Å². The summed E-state index contributed by atoms with van der Waals surface area (Å²) in [5, 5.41) is 8.81. The molecular formula is C10H10F4O2. The number of halogens is 4. The fourth-order valence-electron chi connectivity index (χ4n) is 1.17. The molecule has 90 valence electrons. The standard InChI is InChI=1S/C10H10F4O2/c1-16-8-4-6(2-3-7(8)11)5-9(15)10(12,13)14/h2-4,9,15H,5H2,1H3. The third kappa shape index (κ3) is 3.10. The number of rotatable bonds is 3. The normalized spacial score (nSPS) is 13.6. The Morgan fingerprint density at radius 1 is 1.38 bits per heavy atom. The van der Waals surface area contributed by atoms with Gasteiger partial charge in [0.05, 0.1) is 7.11 Å². The van der Waals surface area contributed by atoms with Crippen LogP contribution in [0.2, 0.25) is 0 Å². The Balaban J connectivity index is 2.82. The summed E-state index contributed by atoms with van der Waals surface area (Å²) in [7, 11) is 1.21. The second kappa shape index (κ2) is 4.69. The zero-order chi connectivity index (χ0) is 12.3. The highest BCUT2D eigenvalue weighted by molar-refractivity contribution is 5.30. The van der Waals surface area contributed by atoms with Crippen LogP contribution in [0.5, 0.6) is 5.75 Å². The van der Waals surface area contributed by atoms with Crippen molar-refractivity contribution >= 4 is 0 Å². The van der Waals surface area contributed by atoms with Crippen LogP contribution in [-0.4, -0.2) is 24.5 Å². The van der Waals surface area contributed by atoms with E-state index in [0.717, 1.165) is 12.1 Å². The number of methoxy groups -OCH3 is 1. The molecule has 0 bridgehead atoms. The summed E-state index contributed by atoms with van der Waals surface area (Å²) < 4.78 is 53.7. The average molecular weight is 238 g/mol. The van der Waals surface area contributed by atoms with Gasteiger partial charge in [-0.05, 0) is 17.7 Å². The van der Waals surface area contributed by atoms with E-state index in [0.29, 0.717) is 0 Å². The highest BCUT2D eigenvalue weighted by atomic mass is 19.4. The van der Waals surface area contributed by atoms with Gasteiger partial charge in [-0.25, -0.2) is 4.39 Å². The molecule has 16 heavy (non-hydrogen) atoms. The number of hydrogen-bond donors (Lipinski definition) is 1. The number of hydrogen-bond acceptors (Lipinski definition) is 2. The first-order valence-electron chi connectivity index (χ1n) is 4.42. The van der Waals surface area contributed by atoms with Crippen molar-refractivity contribution in [2.45, 2.75) is 18.7 Å². The van der Waals surface area contributed by atoms with Crippen molar-refractivity contribution in [2.24, 2.45) is 0 Å². The summed E-state index contributed by atoms with van der Waals surface area (Å²) in [5.41, 5.74) is 0.156. The first-order valence-corrected chi connectivity index (χ1v) is 4.42. The van der Waals surface area contributed by atoms with Gasteiger partial charge in [-0.2, -0.15) is 13.2 Å². The summed E-state index contributed by atoms with van der Waals surface area (Å²) in [6, 6.07) is 3.30. The minimum absolute atomic E-state index is 0.146. The van der Waals surface area contributed by atoms with E-state index in [1.165, 1.54) is 13.2 Å². The molecule has 6 heteroatoms. The van der Waals surface area contributed by atoms with Crippen LogP contribution in [0.25, 0.3) is 0 Å². The summed E-state index contributed by atoms with van der Waals surface area (Å²) in [5.74, 6) is -0.806. The van der Waals surface area contributed by atoms with E-state index in [9.17, 15) is 17.6 Å². The van der Waals surface area contributed by atoms with Gasteiger partial charge in [0.1, 0.15) is 0 Å². The Labute approximate surface area is 89.5 Å². The maximum atomic E-state index is 12.9. The van der Waals surface area contributed by atoms with E-state index in [4.69, 9.17) is 5.11 Å². The van der Waals surface area contributed by atoms with Crippen molar-refractivity contribution in [3.8, 4) is 5.75 Å². The second-order valence-corrected chi connectivity index (χ2v) is 3.23. The van der Waals surface area contributed by atoms with Crippen LogP contribution in [0.4, 0.5) is 17.6 Å². The first kappa shape index (κ1) is 12.8. The molecule has 1 unspecified atom stereocenters. The largest absolute Gasteiger partial charge is 0.494 e. The van der Waals surface area contributed by atoms with Crippen LogP contribution < -0.4 is 4.74 Å². The maximum Gasteiger partial charge on any atom is 0.414 e. The summed E-state index contributed by atoms with van der Waals surface area (Å²) in [6.45, 7) is 0. The number of ether oxygens (including phenoxy) is 1. The topological polar surface area (TPSA) is 29.5 Å². The van der Waals surface area contributed by atoms with Crippen molar-refractivity contribution in [2.75, 3.05) is 7.11 Å². The highest BCUT2D eigenvalue weighted by Crippen LogP contribution is 2.25. The molecule has 1 N–H and O–H groups in total. The van der Waals surface area contributed by atoms with Crippen LogP contribution >= 0.6 is 0 Å². The molecule has 0 amide bonds. The quantitative estimate of drug-likeness (QED) is 0.819. The lowest BCUT2D eigenvalue weighted by molar-refractivity contribution is -0.203. The van der Waals surface area contributed by atoms with Gasteiger partial charge < -0.3 is 9.84 Å². The predicted molar refractivity (Wildman–Crippen MR) is 48.7 cm³/mol. The van der Waals surface area contributed by atoms with Crippen molar-refractivity contribution in [3.63, 3.8) is 0 Å². The number of aliphatic hydroxyl groups is 1. The third-order valence-electron chi connectivity index (χ3n) is 2.02. The molecule has 0 fully saturated rings. The Kier molecular flexibility index (Phi) is 3.74. The molecule has 1 aromatic carbocycles. The van der Waals surface area contributed by atoms with E-state index < -0.39 is 24.5 Å². The van der Waals surface area contributed by atoms with Crippen LogP contribution in [-0.2, 0) is 6.42 Å². The van der Waals surface area contributed by atoms with Gasteiger partial charge in [0.2, 0.25) is 0 Å². The molecule has 1 atom stereocenters. The highest BCUT2D eigenvalue weighted by Gasteiger charge is 2.38. The molecule has 0 saturated carbocycles. The Morgan fingerprint density at radius 3 is 2.50 bits per heavy atom. The lowest BCUT2D eigenvalue weighted by atomic mass is 10.1. The summed E-state index contributed by atoms with van der Waals surface area (Å²) >= 11 is 0. The van der Waals surface area contributed by atoms with E-state index in [1.807, 2.05) is 0 Å². The maximum absolute atomic E-state index is 12.9. The first-order chi connectivity index (χ1) is 7.34. The lowest BCUT2D eigenvalue weighted by Gasteiger charge is -2.14. The smallest absolute Gasteiger partial charge is 0.414 e. The van der Waals surface area contributed by atoms with E-state index in [1.54, 1.807) is 0 Å². The zero-order valence-corrected chi connectivity index (χ0v) is 8.38. The monoisotopic (exact) mass is 238 g/mol. The Hall–Kier alpha value is -1.30. The fourth-order valence-corrected chi connectivity index (χ4v) is 1.17. The minimum Gasteiger partial charge on any atom is -0.494 e. The summed E-state index contributed by atoms with van der Waals surface area (Å²) in [4.78, 5) is 0. The van der Waals surface area contributed by atoms with Crippen molar-refractivity contribution < 1.29 is 27.4 Å². The van der Waals surface area contributed by atoms with E-state index in [2.05, 4.69) is 4.74 Å². The average Bonchev–Trinajstić information content (AvgIpc) is 2.19. The second-order valence-electron chi connectivity index (χ2n) is 3.23. The molecule has 1 aromatic rings. The zero-order valence-electron chi connectivity index (χ0n) is 8.38. The Morgan fingerprint density at radius 2 is 2.00 bits per heavy atom. The molecule has 0 aliphatic heterocycles. The molecule has 2 nitrogen and oxygen atoms in total. The number of alkyl halides is 3. The van der Waals surface area contributed by atoms with Crippen molar-refractivity contribution in [1.29, 1.82) is 0 Å². The van der Waals surface area contributed by atoms with Crippen LogP contribution in [0.3, 0.4) is 0 Å². The third-order valence-corrected chi connectivity index (χ3v) is 2.02. The molecule has 0 aliphatic rings. The van der Waals surface area contributed by atoms with Gasteiger partial charge in [0.15, 0.2) is 17.7 Å². The Bertz CT molecular complexity index is 362. The van der Waals surface area contributed by atoms with Crippen molar-refractivity contribution in [1.82, 2.24) is 0 Å². The van der Waals surface area contributed by atoms with Crippen LogP contribution in [0.15, 0.2) is 18.2 Å². The summed E-state index contributed by atoms with van der Waals surface area (Å²) in [6.07, 6.45) is -7.76. The molecule has 0 saturated heterocycles. The van der Waals surface area contributed by atoms with E-state index >= 15 is 0 Å². The molecule has 0 aliphatic carbocycles. The SMILES string of the molecule is COc1cc(CC(O)C(F)(F)F)ccc1F. The van der Waals surface area contributed by atoms with Gasteiger partial charge in [-0.3, -0.25) is 0 Å². The van der Waals surface area contributed by atoms with Crippen LogP contribution in [0, 0.1) is 5.82 Å². The number of benzene rings is 1. The molecule has 0 spiro atoms. The predicted octanol–water partition coefficient (Wildman–Crippen LogP) is 2.30. The molecular weight excluding hydrogens is 228 g/mol. The number of aliphatic hydroxyl groups excluding tert-OH is 1. The molecule has 0 heterocycles. The molecule has 0 radical (unpaired) electrons. The minimum atomic E-state index is -4.68. The van der Waals surface area contributed by atoms with Crippen molar-refractivity contribution in [3.05, 3.63) is 29.6 Å². The van der Waals surface area contributed by atoms with Gasteiger partial charge in [-0.1, -0.05) is 6.07 Å².